The minimum absolute atomic E-state index is 0. The normalized spacial score (nSPS) is 17.6. The Balaban J connectivity index is 0.00000161. The van der Waals surface area contributed by atoms with Crippen LogP contribution < -0.4 is 20.5 Å². The number of fused-ring (bicyclic) bond motifs is 1. The van der Waals surface area contributed by atoms with E-state index in [1.807, 2.05) is 18.2 Å². The summed E-state index contributed by atoms with van der Waals surface area (Å²) in [7, 11) is 0. The summed E-state index contributed by atoms with van der Waals surface area (Å²) in [5.41, 5.74) is 6.88. The molecule has 0 aromatic heterocycles. The molecule has 1 saturated carbocycles. The SMILES string of the molecule is Cl.NC(CNC(=O)Cc1ccc2c(c1)OCCO2)C1CC1. The number of hydrogen-bond acceptors (Lipinski definition) is 4. The standard InChI is InChI=1S/C15H20N2O3.ClH/c16-12(11-2-3-11)9-17-15(18)8-10-1-4-13-14(7-10)20-6-5-19-13;/h1,4,7,11-12H,2-3,5-6,8-9,16H2,(H,17,18);1H. The molecule has 1 atom stereocenters. The van der Waals surface area contributed by atoms with Gasteiger partial charge >= 0.3 is 0 Å². The van der Waals surface area contributed by atoms with Gasteiger partial charge in [0.05, 0.1) is 6.42 Å². The molecule has 5 nitrogen and oxygen atoms in total. The van der Waals surface area contributed by atoms with Crippen molar-refractivity contribution in [3.8, 4) is 11.5 Å². The third-order valence-electron chi connectivity index (χ3n) is 3.73. The zero-order valence-corrected chi connectivity index (χ0v) is 12.7. The predicted octanol–water partition coefficient (Wildman–Crippen LogP) is 1.28. The Hall–Kier alpha value is -1.46. The average molecular weight is 313 g/mol. The van der Waals surface area contributed by atoms with Crippen molar-refractivity contribution in [2.75, 3.05) is 19.8 Å². The topological polar surface area (TPSA) is 73.6 Å². The van der Waals surface area contributed by atoms with Gasteiger partial charge in [-0.3, -0.25) is 4.79 Å². The van der Waals surface area contributed by atoms with E-state index in [0.717, 1.165) is 17.1 Å². The van der Waals surface area contributed by atoms with Gasteiger partial charge in [-0.15, -0.1) is 12.4 Å². The summed E-state index contributed by atoms with van der Waals surface area (Å²) in [4.78, 5) is 11.9. The van der Waals surface area contributed by atoms with Crippen LogP contribution >= 0.6 is 12.4 Å². The fourth-order valence-corrected chi connectivity index (χ4v) is 2.37. The van der Waals surface area contributed by atoms with E-state index in [0.29, 0.717) is 32.1 Å². The molecule has 1 amide bonds. The summed E-state index contributed by atoms with van der Waals surface area (Å²) in [5.74, 6) is 2.06. The van der Waals surface area contributed by atoms with E-state index in [1.54, 1.807) is 0 Å². The van der Waals surface area contributed by atoms with Crippen LogP contribution in [-0.4, -0.2) is 31.7 Å². The van der Waals surface area contributed by atoms with Crippen molar-refractivity contribution in [2.45, 2.75) is 25.3 Å². The number of nitrogens with one attached hydrogen (secondary N) is 1. The number of halogens is 1. The van der Waals surface area contributed by atoms with Crippen LogP contribution in [0, 0.1) is 5.92 Å². The van der Waals surface area contributed by atoms with Crippen molar-refractivity contribution in [1.29, 1.82) is 0 Å². The van der Waals surface area contributed by atoms with Gasteiger partial charge in [-0.1, -0.05) is 6.07 Å². The minimum atomic E-state index is -0.00206. The molecule has 3 rings (SSSR count). The first-order chi connectivity index (χ1) is 9.72. The second-order valence-corrected chi connectivity index (χ2v) is 5.46. The van der Waals surface area contributed by atoms with Crippen molar-refractivity contribution >= 4 is 18.3 Å². The van der Waals surface area contributed by atoms with Gasteiger partial charge in [0, 0.05) is 12.6 Å². The molecular weight excluding hydrogens is 292 g/mol. The molecule has 1 fully saturated rings. The number of benzene rings is 1. The maximum atomic E-state index is 11.9. The van der Waals surface area contributed by atoms with Crippen LogP contribution in [0.25, 0.3) is 0 Å². The van der Waals surface area contributed by atoms with Crippen LogP contribution in [-0.2, 0) is 11.2 Å². The van der Waals surface area contributed by atoms with Gasteiger partial charge in [0.1, 0.15) is 13.2 Å². The molecule has 1 aliphatic heterocycles. The third-order valence-corrected chi connectivity index (χ3v) is 3.73. The summed E-state index contributed by atoms with van der Waals surface area (Å²) in [5, 5.41) is 2.90. The molecular formula is C15H21ClN2O3. The number of hydrogen-bond donors (Lipinski definition) is 2. The summed E-state index contributed by atoms with van der Waals surface area (Å²) in [6.45, 7) is 1.69. The molecule has 1 aromatic rings. The van der Waals surface area contributed by atoms with Crippen molar-refractivity contribution in [3.05, 3.63) is 23.8 Å². The molecule has 1 aromatic carbocycles. The summed E-state index contributed by atoms with van der Waals surface area (Å²) >= 11 is 0. The number of rotatable bonds is 5. The zero-order chi connectivity index (χ0) is 13.9. The molecule has 0 bridgehead atoms. The summed E-state index contributed by atoms with van der Waals surface area (Å²) < 4.78 is 11.0. The monoisotopic (exact) mass is 312 g/mol. The van der Waals surface area contributed by atoms with Crippen molar-refractivity contribution < 1.29 is 14.3 Å². The Labute approximate surface area is 130 Å². The maximum Gasteiger partial charge on any atom is 0.224 e. The number of ether oxygens (including phenoxy) is 2. The van der Waals surface area contributed by atoms with E-state index in [-0.39, 0.29) is 24.4 Å². The molecule has 3 N–H and O–H groups in total. The fraction of sp³-hybridized carbons (Fsp3) is 0.533. The van der Waals surface area contributed by atoms with Gasteiger partial charge < -0.3 is 20.5 Å². The molecule has 6 heteroatoms. The van der Waals surface area contributed by atoms with E-state index in [4.69, 9.17) is 15.2 Å². The molecule has 1 unspecified atom stereocenters. The van der Waals surface area contributed by atoms with Crippen LogP contribution in [0.3, 0.4) is 0 Å². The second-order valence-electron chi connectivity index (χ2n) is 5.46. The van der Waals surface area contributed by atoms with Gasteiger partial charge in [-0.2, -0.15) is 0 Å². The number of amides is 1. The highest BCUT2D eigenvalue weighted by Gasteiger charge is 2.28. The quantitative estimate of drug-likeness (QED) is 0.859. The van der Waals surface area contributed by atoms with Crippen LogP contribution in [0.2, 0.25) is 0 Å². The Kier molecular flexibility index (Phi) is 5.31. The van der Waals surface area contributed by atoms with Crippen LogP contribution in [0.4, 0.5) is 0 Å². The Morgan fingerprint density at radius 2 is 2.00 bits per heavy atom. The van der Waals surface area contributed by atoms with Gasteiger partial charge in [0.2, 0.25) is 5.91 Å². The number of nitrogens with two attached hydrogens (primary N) is 1. The summed E-state index contributed by atoms with van der Waals surface area (Å²) in [6, 6.07) is 5.72. The largest absolute Gasteiger partial charge is 0.486 e. The molecule has 116 valence electrons. The van der Waals surface area contributed by atoms with Crippen molar-refractivity contribution in [3.63, 3.8) is 0 Å². The van der Waals surface area contributed by atoms with Crippen molar-refractivity contribution in [2.24, 2.45) is 11.7 Å². The summed E-state index contributed by atoms with van der Waals surface area (Å²) in [6.07, 6.45) is 2.73. The fourth-order valence-electron chi connectivity index (χ4n) is 2.37. The van der Waals surface area contributed by atoms with E-state index in [2.05, 4.69) is 5.32 Å². The van der Waals surface area contributed by atoms with E-state index in [9.17, 15) is 4.79 Å². The first kappa shape index (κ1) is 15.9. The van der Waals surface area contributed by atoms with Gasteiger partial charge in [0.15, 0.2) is 11.5 Å². The molecule has 0 saturated heterocycles. The Morgan fingerprint density at radius 1 is 1.29 bits per heavy atom. The third kappa shape index (κ3) is 4.25. The van der Waals surface area contributed by atoms with E-state index < -0.39 is 0 Å². The Bertz CT molecular complexity index is 506. The smallest absolute Gasteiger partial charge is 0.224 e. The van der Waals surface area contributed by atoms with Gasteiger partial charge in [0.25, 0.3) is 0 Å². The lowest BCUT2D eigenvalue weighted by molar-refractivity contribution is -0.120. The van der Waals surface area contributed by atoms with E-state index >= 15 is 0 Å². The molecule has 2 aliphatic rings. The number of carbonyl (C=O) groups is 1. The van der Waals surface area contributed by atoms with Crippen LogP contribution in [0.5, 0.6) is 11.5 Å². The first-order valence-corrected chi connectivity index (χ1v) is 7.13. The highest BCUT2D eigenvalue weighted by atomic mass is 35.5. The van der Waals surface area contributed by atoms with Gasteiger partial charge in [-0.05, 0) is 36.5 Å². The second kappa shape index (κ2) is 7.00. The lowest BCUT2D eigenvalue weighted by Crippen LogP contribution is -2.39. The van der Waals surface area contributed by atoms with Crippen LogP contribution in [0.15, 0.2) is 18.2 Å². The molecule has 0 radical (unpaired) electrons. The first-order valence-electron chi connectivity index (χ1n) is 7.13. The molecule has 21 heavy (non-hydrogen) atoms. The van der Waals surface area contributed by atoms with Crippen LogP contribution in [0.1, 0.15) is 18.4 Å². The minimum Gasteiger partial charge on any atom is -0.486 e. The predicted molar refractivity (Wildman–Crippen MR) is 82.1 cm³/mol. The van der Waals surface area contributed by atoms with Gasteiger partial charge in [-0.25, -0.2) is 0 Å². The highest BCUT2D eigenvalue weighted by Crippen LogP contribution is 2.31. The molecule has 1 heterocycles. The average Bonchev–Trinajstić information content (AvgIpc) is 3.29. The highest BCUT2D eigenvalue weighted by molar-refractivity contribution is 5.85. The molecule has 0 spiro atoms. The van der Waals surface area contributed by atoms with Crippen molar-refractivity contribution in [1.82, 2.24) is 5.32 Å². The lowest BCUT2D eigenvalue weighted by Gasteiger charge is -2.19. The molecule has 1 aliphatic carbocycles. The van der Waals surface area contributed by atoms with E-state index in [1.165, 1.54) is 12.8 Å². The Morgan fingerprint density at radius 3 is 2.71 bits per heavy atom. The zero-order valence-electron chi connectivity index (χ0n) is 11.8. The lowest BCUT2D eigenvalue weighted by atomic mass is 10.1. The number of carbonyl (C=O) groups excluding carboxylic acids is 1. The maximum absolute atomic E-state index is 11.9.